The summed E-state index contributed by atoms with van der Waals surface area (Å²) in [7, 11) is 4.54. The molecular weight excluding hydrogens is 588 g/mol. The first-order chi connectivity index (χ1) is 22.1. The number of likely N-dealkylation sites (tertiary alicyclic amines) is 1. The number of rotatable bonds is 9. The van der Waals surface area contributed by atoms with Crippen molar-refractivity contribution in [2.45, 2.75) is 62.5 Å². The summed E-state index contributed by atoms with van der Waals surface area (Å²) in [6.07, 6.45) is -0.244. The lowest BCUT2D eigenvalue weighted by atomic mass is 9.75. The fraction of sp³-hybridized carbons (Fsp3) is 0.444. The van der Waals surface area contributed by atoms with E-state index in [1.54, 1.807) is 48.4 Å². The first kappa shape index (κ1) is 31.7. The molecule has 0 aromatic heterocycles. The monoisotopic (exact) mass is 630 g/mol. The van der Waals surface area contributed by atoms with Crippen molar-refractivity contribution >= 4 is 11.8 Å². The van der Waals surface area contributed by atoms with Crippen LogP contribution in [0, 0.1) is 11.8 Å². The van der Waals surface area contributed by atoms with Gasteiger partial charge in [0.15, 0.2) is 5.60 Å². The minimum Gasteiger partial charge on any atom is -0.497 e. The number of hydrogen-bond donors (Lipinski definition) is 3. The highest BCUT2D eigenvalue weighted by Gasteiger charge is 2.76. The number of amides is 2. The zero-order valence-electron chi connectivity index (χ0n) is 26.9. The number of nitrogens with zero attached hydrogens (tertiary/aromatic N) is 1. The largest absolute Gasteiger partial charge is 0.497 e. The van der Waals surface area contributed by atoms with Crippen LogP contribution in [0.4, 0.5) is 0 Å². The van der Waals surface area contributed by atoms with Crippen LogP contribution >= 0.6 is 0 Å². The lowest BCUT2D eigenvalue weighted by molar-refractivity contribution is -0.167. The second-order valence-corrected chi connectivity index (χ2v) is 12.4. The van der Waals surface area contributed by atoms with E-state index in [1.165, 1.54) is 14.2 Å². The minimum atomic E-state index is -2.17. The summed E-state index contributed by atoms with van der Waals surface area (Å²) in [6, 6.07) is 19.7. The maximum absolute atomic E-state index is 15.1. The van der Waals surface area contributed by atoms with Crippen LogP contribution in [-0.4, -0.2) is 67.1 Å². The third-order valence-electron chi connectivity index (χ3n) is 10.1. The third-order valence-corrected chi connectivity index (χ3v) is 10.1. The highest BCUT2D eigenvalue weighted by Crippen LogP contribution is 2.68. The van der Waals surface area contributed by atoms with Crippen molar-refractivity contribution in [2.75, 3.05) is 27.9 Å². The van der Waals surface area contributed by atoms with Gasteiger partial charge >= 0.3 is 0 Å². The third kappa shape index (κ3) is 4.69. The molecule has 2 aliphatic heterocycles. The smallest absolute Gasteiger partial charge is 0.231 e. The van der Waals surface area contributed by atoms with Crippen molar-refractivity contribution in [3.05, 3.63) is 83.4 Å². The van der Waals surface area contributed by atoms with Crippen molar-refractivity contribution in [1.29, 1.82) is 0 Å². The fourth-order valence-corrected chi connectivity index (χ4v) is 7.61. The van der Waals surface area contributed by atoms with Crippen LogP contribution in [0.15, 0.2) is 66.7 Å². The summed E-state index contributed by atoms with van der Waals surface area (Å²) in [5.41, 5.74) is -2.37. The number of benzene rings is 3. The predicted molar refractivity (Wildman–Crippen MR) is 170 cm³/mol. The normalized spacial score (nSPS) is 28.5. The molecule has 46 heavy (non-hydrogen) atoms. The van der Waals surface area contributed by atoms with Crippen molar-refractivity contribution in [2.24, 2.45) is 11.8 Å². The van der Waals surface area contributed by atoms with Crippen molar-refractivity contribution in [3.63, 3.8) is 0 Å². The molecular formula is C36H42N2O8. The number of aliphatic hydroxyl groups is 2. The van der Waals surface area contributed by atoms with Gasteiger partial charge in [-0.15, -0.1) is 0 Å². The van der Waals surface area contributed by atoms with E-state index < -0.39 is 41.2 Å². The Bertz CT molecular complexity index is 1600. The lowest BCUT2D eigenvalue weighted by Gasteiger charge is -2.45. The average Bonchev–Trinajstić information content (AvgIpc) is 3.59. The molecule has 1 saturated carbocycles. The average molecular weight is 631 g/mol. The van der Waals surface area contributed by atoms with Gasteiger partial charge in [-0.25, -0.2) is 0 Å². The summed E-state index contributed by atoms with van der Waals surface area (Å²) in [5.74, 6) is -1.38. The van der Waals surface area contributed by atoms with Crippen LogP contribution in [0.3, 0.4) is 0 Å². The Morgan fingerprint density at radius 3 is 2.35 bits per heavy atom. The van der Waals surface area contributed by atoms with Crippen LogP contribution in [0.5, 0.6) is 23.0 Å². The van der Waals surface area contributed by atoms with E-state index in [0.717, 1.165) is 0 Å². The molecule has 0 unspecified atom stereocenters. The number of methoxy groups -OCH3 is 3. The lowest BCUT2D eigenvalue weighted by Crippen LogP contribution is -2.56. The second kappa shape index (κ2) is 12.1. The maximum Gasteiger partial charge on any atom is 0.231 e. The molecule has 1 aliphatic carbocycles. The Morgan fingerprint density at radius 1 is 1.02 bits per heavy atom. The summed E-state index contributed by atoms with van der Waals surface area (Å²) in [5, 5.41) is 28.8. The zero-order chi connectivity index (χ0) is 32.8. The van der Waals surface area contributed by atoms with Gasteiger partial charge in [-0.1, -0.05) is 56.3 Å². The van der Waals surface area contributed by atoms with Gasteiger partial charge in [0, 0.05) is 30.5 Å². The molecule has 7 atom stereocenters. The molecule has 3 aromatic carbocycles. The maximum atomic E-state index is 15.1. The van der Waals surface area contributed by atoms with Gasteiger partial charge in [-0.3, -0.25) is 9.59 Å². The zero-order valence-corrected chi connectivity index (χ0v) is 26.9. The Balaban J connectivity index is 1.60. The fourth-order valence-electron chi connectivity index (χ4n) is 7.61. The molecule has 0 radical (unpaired) electrons. The number of ether oxygens (including phenoxy) is 4. The Hall–Kier alpha value is -4.28. The Morgan fingerprint density at radius 2 is 1.72 bits per heavy atom. The molecule has 2 fully saturated rings. The van der Waals surface area contributed by atoms with Gasteiger partial charge in [-0.05, 0) is 42.5 Å². The van der Waals surface area contributed by atoms with Crippen LogP contribution in [0.25, 0.3) is 0 Å². The highest BCUT2D eigenvalue weighted by molar-refractivity contribution is 5.86. The van der Waals surface area contributed by atoms with E-state index in [1.807, 2.05) is 44.2 Å². The van der Waals surface area contributed by atoms with Crippen LogP contribution in [-0.2, 0) is 20.8 Å². The van der Waals surface area contributed by atoms with Crippen LogP contribution < -0.4 is 24.3 Å². The molecule has 10 nitrogen and oxygen atoms in total. The molecule has 2 bridgehead atoms. The van der Waals surface area contributed by atoms with Crippen molar-refractivity contribution in [1.82, 2.24) is 10.2 Å². The van der Waals surface area contributed by atoms with E-state index in [0.29, 0.717) is 48.4 Å². The van der Waals surface area contributed by atoms with Crippen LogP contribution in [0.2, 0.25) is 0 Å². The number of hydrogen-bond acceptors (Lipinski definition) is 8. The number of nitrogens with one attached hydrogen (secondary N) is 1. The van der Waals surface area contributed by atoms with E-state index in [9.17, 15) is 15.0 Å². The van der Waals surface area contributed by atoms with Gasteiger partial charge in [0.2, 0.25) is 11.8 Å². The first-order valence-electron chi connectivity index (χ1n) is 15.8. The quantitative estimate of drug-likeness (QED) is 0.323. The number of carbonyl (C=O) groups is 2. The summed E-state index contributed by atoms with van der Waals surface area (Å²) < 4.78 is 23.7. The highest BCUT2D eigenvalue weighted by atomic mass is 16.5. The number of aliphatic hydroxyl groups excluding tert-OH is 1. The Kier molecular flexibility index (Phi) is 8.37. The van der Waals surface area contributed by atoms with E-state index in [4.69, 9.17) is 18.9 Å². The van der Waals surface area contributed by atoms with Crippen molar-refractivity contribution in [3.8, 4) is 23.0 Å². The molecule has 244 valence electrons. The van der Waals surface area contributed by atoms with Gasteiger partial charge < -0.3 is 39.4 Å². The SMILES string of the molecule is CC[C@H](C)C(=O)N[C@@H]1CCCN1C(=O)[C@@H]1[C@@H](c2ccccc2)[C@]2(c3ccc(OC)cc3)Oc3cc(OC)cc(OC)c3[C@@]1(O)[C@@H]2O. The van der Waals surface area contributed by atoms with E-state index >= 15 is 4.79 Å². The molecule has 2 amide bonds. The predicted octanol–water partition coefficient (Wildman–Crippen LogP) is 4.07. The summed E-state index contributed by atoms with van der Waals surface area (Å²) in [4.78, 5) is 29.8. The molecule has 0 spiro atoms. The minimum absolute atomic E-state index is 0.132. The molecule has 10 heteroatoms. The summed E-state index contributed by atoms with van der Waals surface area (Å²) in [6.45, 7) is 4.19. The van der Waals surface area contributed by atoms with Gasteiger partial charge in [0.1, 0.15) is 40.9 Å². The van der Waals surface area contributed by atoms with Gasteiger partial charge in [0.05, 0.1) is 32.8 Å². The molecule has 3 N–H and O–H groups in total. The standard InChI is InChI=1S/C36H42N2O8/c1-6-21(2)32(39)37-28-13-10-18-38(28)33(40)31-29(22-11-8-7-9-12-22)36(23-14-16-24(43-3)17-15-23)34(41)35(31,42)30-26(45-5)19-25(44-4)20-27(30)46-36/h7-9,11-12,14-17,19-21,28-29,31,34,41-42H,6,10,13,18H2,1-5H3,(H,37,39)/t21-,28-,29+,31-,34-,35-,36-/m0/s1. The van der Waals surface area contributed by atoms with Crippen LogP contribution in [0.1, 0.15) is 55.7 Å². The molecule has 3 aliphatic rings. The Labute approximate surface area is 269 Å². The molecule has 3 aromatic rings. The second-order valence-electron chi connectivity index (χ2n) is 12.4. The summed E-state index contributed by atoms with van der Waals surface area (Å²) >= 11 is 0. The molecule has 6 rings (SSSR count). The van der Waals surface area contributed by atoms with Gasteiger partial charge in [-0.2, -0.15) is 0 Å². The molecule has 1 saturated heterocycles. The number of carbonyl (C=O) groups excluding carboxylic acids is 2. The van der Waals surface area contributed by atoms with E-state index in [2.05, 4.69) is 5.32 Å². The topological polar surface area (TPSA) is 127 Å². The van der Waals surface area contributed by atoms with Crippen molar-refractivity contribution < 1.29 is 38.7 Å². The number of fused-ring (bicyclic) bond motifs is 4. The van der Waals surface area contributed by atoms with E-state index in [-0.39, 0.29) is 28.9 Å². The van der Waals surface area contributed by atoms with Gasteiger partial charge in [0.25, 0.3) is 0 Å². The first-order valence-corrected chi connectivity index (χ1v) is 15.8. The molecule has 2 heterocycles.